The predicted molar refractivity (Wildman–Crippen MR) is 66.8 cm³/mol. The first-order chi connectivity index (χ1) is 6.63. The highest BCUT2D eigenvalue weighted by molar-refractivity contribution is 7.80. The first-order valence-corrected chi connectivity index (χ1v) is 5.35. The van der Waals surface area contributed by atoms with Crippen molar-refractivity contribution in [3.8, 4) is 0 Å². The maximum absolute atomic E-state index is 11.6. The van der Waals surface area contributed by atoms with E-state index in [1.54, 1.807) is 0 Å². The second-order valence-electron chi connectivity index (χ2n) is 4.79. The van der Waals surface area contributed by atoms with Gasteiger partial charge in [-0.25, -0.2) is 0 Å². The van der Waals surface area contributed by atoms with E-state index in [1.807, 2.05) is 39.6 Å². The number of thiocarbonyl (C=S) groups is 1. The average Bonchev–Trinajstić information content (AvgIpc) is 1.98. The van der Waals surface area contributed by atoms with Gasteiger partial charge in [-0.05, 0) is 34.7 Å². The van der Waals surface area contributed by atoms with Crippen LogP contribution in [0.5, 0.6) is 0 Å². The normalized spacial score (nSPS) is 13.7. The van der Waals surface area contributed by atoms with Crippen molar-refractivity contribution < 1.29 is 4.79 Å². The maximum Gasteiger partial charge on any atom is 0.234 e. The highest BCUT2D eigenvalue weighted by Crippen LogP contribution is 2.00. The van der Waals surface area contributed by atoms with E-state index in [4.69, 9.17) is 18.0 Å². The SMILES string of the molecule is CC(C(N)=S)N(C)CC(=O)NC(C)(C)C. The van der Waals surface area contributed by atoms with Crippen LogP contribution in [0.1, 0.15) is 27.7 Å². The highest BCUT2D eigenvalue weighted by Gasteiger charge is 2.18. The molecule has 1 unspecified atom stereocenters. The van der Waals surface area contributed by atoms with Gasteiger partial charge in [0.15, 0.2) is 0 Å². The lowest BCUT2D eigenvalue weighted by Crippen LogP contribution is -2.48. The minimum absolute atomic E-state index is 0.0203. The van der Waals surface area contributed by atoms with Crippen LogP contribution < -0.4 is 11.1 Å². The van der Waals surface area contributed by atoms with Crippen molar-refractivity contribution in [2.24, 2.45) is 5.73 Å². The molecule has 5 heteroatoms. The van der Waals surface area contributed by atoms with Gasteiger partial charge in [-0.2, -0.15) is 0 Å². The van der Waals surface area contributed by atoms with Crippen LogP contribution in [0.15, 0.2) is 0 Å². The number of nitrogens with one attached hydrogen (secondary N) is 1. The first-order valence-electron chi connectivity index (χ1n) is 4.94. The molecule has 0 aromatic rings. The molecule has 0 bridgehead atoms. The molecule has 0 radical (unpaired) electrons. The molecule has 1 atom stereocenters. The highest BCUT2D eigenvalue weighted by atomic mass is 32.1. The standard InChI is InChI=1S/C10H21N3OS/c1-7(9(11)15)13(5)6-8(14)12-10(2,3)4/h7H,6H2,1-5H3,(H2,11,15)(H,12,14). The Labute approximate surface area is 97.2 Å². The zero-order valence-corrected chi connectivity index (χ0v) is 10.9. The fraction of sp³-hybridized carbons (Fsp3) is 0.800. The Bertz CT molecular complexity index is 248. The monoisotopic (exact) mass is 231 g/mol. The van der Waals surface area contributed by atoms with Crippen molar-refractivity contribution in [2.45, 2.75) is 39.3 Å². The van der Waals surface area contributed by atoms with Gasteiger partial charge >= 0.3 is 0 Å². The molecule has 4 nitrogen and oxygen atoms in total. The molecule has 1 amide bonds. The Morgan fingerprint density at radius 1 is 1.53 bits per heavy atom. The fourth-order valence-electron chi connectivity index (χ4n) is 1.04. The molecule has 0 aliphatic rings. The zero-order chi connectivity index (χ0) is 12.2. The van der Waals surface area contributed by atoms with Gasteiger partial charge in [-0.1, -0.05) is 12.2 Å². The van der Waals surface area contributed by atoms with Crippen LogP contribution >= 0.6 is 12.2 Å². The van der Waals surface area contributed by atoms with Crippen LogP contribution in [-0.4, -0.2) is 41.0 Å². The molecule has 0 spiro atoms. The van der Waals surface area contributed by atoms with Gasteiger partial charge in [0.05, 0.1) is 17.6 Å². The Balaban J connectivity index is 4.13. The number of likely N-dealkylation sites (N-methyl/N-ethyl adjacent to an activating group) is 1. The summed E-state index contributed by atoms with van der Waals surface area (Å²) < 4.78 is 0. The fourth-order valence-corrected chi connectivity index (χ4v) is 1.22. The van der Waals surface area contributed by atoms with Crippen LogP contribution in [0, 0.1) is 0 Å². The molecule has 88 valence electrons. The number of nitrogens with zero attached hydrogens (tertiary/aromatic N) is 1. The topological polar surface area (TPSA) is 58.4 Å². The van der Waals surface area contributed by atoms with Crippen LogP contribution in [0.25, 0.3) is 0 Å². The van der Waals surface area contributed by atoms with E-state index in [2.05, 4.69) is 5.32 Å². The van der Waals surface area contributed by atoms with Crippen molar-refractivity contribution in [1.29, 1.82) is 0 Å². The Morgan fingerprint density at radius 3 is 2.33 bits per heavy atom. The second kappa shape index (κ2) is 5.42. The summed E-state index contributed by atoms with van der Waals surface area (Å²) in [5.74, 6) is -0.0203. The molecular formula is C10H21N3OS. The van der Waals surface area contributed by atoms with Crippen molar-refractivity contribution >= 4 is 23.1 Å². The minimum Gasteiger partial charge on any atom is -0.392 e. The average molecular weight is 231 g/mol. The lowest BCUT2D eigenvalue weighted by Gasteiger charge is -2.26. The van der Waals surface area contributed by atoms with Gasteiger partial charge in [0.2, 0.25) is 5.91 Å². The van der Waals surface area contributed by atoms with Gasteiger partial charge < -0.3 is 11.1 Å². The molecule has 0 aliphatic heterocycles. The van der Waals surface area contributed by atoms with Crippen molar-refractivity contribution in [3.63, 3.8) is 0 Å². The predicted octanol–water partition coefficient (Wildman–Crippen LogP) is 0.508. The van der Waals surface area contributed by atoms with Crippen LogP contribution in [0.4, 0.5) is 0 Å². The van der Waals surface area contributed by atoms with Gasteiger partial charge in [-0.15, -0.1) is 0 Å². The Hall–Kier alpha value is -0.680. The lowest BCUT2D eigenvalue weighted by molar-refractivity contribution is -0.123. The molecular weight excluding hydrogens is 210 g/mol. The summed E-state index contributed by atoms with van der Waals surface area (Å²) >= 11 is 4.86. The number of carbonyl (C=O) groups is 1. The van der Waals surface area contributed by atoms with E-state index >= 15 is 0 Å². The number of hydrogen-bond acceptors (Lipinski definition) is 3. The first kappa shape index (κ1) is 14.3. The number of amides is 1. The van der Waals surface area contributed by atoms with Crippen LogP contribution in [-0.2, 0) is 4.79 Å². The quantitative estimate of drug-likeness (QED) is 0.692. The molecule has 0 heterocycles. The Kier molecular flexibility index (Phi) is 5.17. The second-order valence-corrected chi connectivity index (χ2v) is 5.26. The number of rotatable bonds is 4. The molecule has 0 aromatic heterocycles. The summed E-state index contributed by atoms with van der Waals surface area (Å²) in [6.45, 7) is 8.02. The molecule has 0 saturated heterocycles. The van der Waals surface area contributed by atoms with Crippen molar-refractivity contribution in [1.82, 2.24) is 10.2 Å². The third-order valence-corrected chi connectivity index (χ3v) is 2.32. The molecule has 0 saturated carbocycles. The van der Waals surface area contributed by atoms with Gasteiger partial charge in [0.25, 0.3) is 0 Å². The minimum atomic E-state index is -0.204. The van der Waals surface area contributed by atoms with Crippen LogP contribution in [0.3, 0.4) is 0 Å². The van der Waals surface area contributed by atoms with E-state index in [9.17, 15) is 4.79 Å². The van der Waals surface area contributed by atoms with Gasteiger partial charge in [0.1, 0.15) is 0 Å². The van der Waals surface area contributed by atoms with E-state index < -0.39 is 0 Å². The molecule has 0 aliphatic carbocycles. The third-order valence-electron chi connectivity index (χ3n) is 1.98. The summed E-state index contributed by atoms with van der Waals surface area (Å²) in [7, 11) is 1.83. The van der Waals surface area contributed by atoms with E-state index in [0.29, 0.717) is 11.5 Å². The maximum atomic E-state index is 11.6. The van der Waals surface area contributed by atoms with E-state index in [-0.39, 0.29) is 17.5 Å². The summed E-state index contributed by atoms with van der Waals surface area (Å²) in [4.78, 5) is 13.8. The van der Waals surface area contributed by atoms with Crippen molar-refractivity contribution in [2.75, 3.05) is 13.6 Å². The Morgan fingerprint density at radius 2 is 2.00 bits per heavy atom. The number of nitrogens with two attached hydrogens (primary N) is 1. The van der Waals surface area contributed by atoms with E-state index in [0.717, 1.165) is 0 Å². The van der Waals surface area contributed by atoms with Gasteiger partial charge in [-0.3, -0.25) is 9.69 Å². The molecule has 15 heavy (non-hydrogen) atoms. The molecule has 0 rings (SSSR count). The summed E-state index contributed by atoms with van der Waals surface area (Å²) in [5.41, 5.74) is 5.29. The molecule has 3 N–H and O–H groups in total. The van der Waals surface area contributed by atoms with Gasteiger partial charge in [0, 0.05) is 5.54 Å². The van der Waals surface area contributed by atoms with Crippen molar-refractivity contribution in [3.05, 3.63) is 0 Å². The van der Waals surface area contributed by atoms with Crippen LogP contribution in [0.2, 0.25) is 0 Å². The third kappa shape index (κ3) is 6.41. The van der Waals surface area contributed by atoms with E-state index in [1.165, 1.54) is 0 Å². The largest absolute Gasteiger partial charge is 0.392 e. The summed E-state index contributed by atoms with van der Waals surface area (Å²) in [5, 5.41) is 2.88. The lowest BCUT2D eigenvalue weighted by atomic mass is 10.1. The smallest absolute Gasteiger partial charge is 0.234 e. The molecule has 0 aromatic carbocycles. The summed E-state index contributed by atoms with van der Waals surface area (Å²) in [6, 6.07) is -0.0641. The summed E-state index contributed by atoms with van der Waals surface area (Å²) in [6.07, 6.45) is 0. The number of carbonyl (C=O) groups excluding carboxylic acids is 1. The number of hydrogen-bond donors (Lipinski definition) is 2. The molecule has 0 fully saturated rings. The zero-order valence-electron chi connectivity index (χ0n) is 10.1.